The Morgan fingerprint density at radius 3 is 2.70 bits per heavy atom. The van der Waals surface area contributed by atoms with E-state index in [-0.39, 0.29) is 17.9 Å². The molecule has 2 aromatic heterocycles. The van der Waals surface area contributed by atoms with Crippen LogP contribution < -0.4 is 14.8 Å². The number of carbonyl (C=O) groups is 1. The molecule has 2 aromatic carbocycles. The summed E-state index contributed by atoms with van der Waals surface area (Å²) in [5.74, 6) is 0.777. The number of methoxy groups -OCH3 is 1. The molecule has 0 fully saturated rings. The lowest BCUT2D eigenvalue weighted by atomic mass is 9.99. The largest absolute Gasteiger partial charge is 0.496 e. The monoisotopic (exact) mass is 477 g/mol. The first-order valence-corrected chi connectivity index (χ1v) is 10.8. The molecule has 0 aliphatic rings. The van der Waals surface area contributed by atoms with Crippen molar-refractivity contribution >= 4 is 34.0 Å². The second-order valence-electron chi connectivity index (χ2n) is 6.62. The maximum Gasteiger partial charge on any atom is 0.259 e. The van der Waals surface area contributed by atoms with E-state index in [1.165, 1.54) is 17.5 Å². The van der Waals surface area contributed by atoms with Gasteiger partial charge in [0, 0.05) is 22.3 Å². The van der Waals surface area contributed by atoms with E-state index in [9.17, 15) is 10.1 Å². The van der Waals surface area contributed by atoms with Gasteiger partial charge < -0.3 is 9.47 Å². The van der Waals surface area contributed by atoms with Gasteiger partial charge in [0.15, 0.2) is 5.01 Å². The van der Waals surface area contributed by atoms with E-state index in [2.05, 4.69) is 20.5 Å². The van der Waals surface area contributed by atoms with E-state index in [0.717, 1.165) is 0 Å². The highest BCUT2D eigenvalue weighted by atomic mass is 35.5. The van der Waals surface area contributed by atoms with Crippen molar-refractivity contribution < 1.29 is 14.3 Å². The molecule has 0 spiro atoms. The number of ether oxygens (including phenoxy) is 2. The van der Waals surface area contributed by atoms with Gasteiger partial charge in [-0.05, 0) is 36.4 Å². The summed E-state index contributed by atoms with van der Waals surface area (Å²) >= 11 is 7.06. The fraction of sp³-hybridized carbons (Fsp3) is 0.0870. The van der Waals surface area contributed by atoms with Crippen molar-refractivity contribution in [2.75, 3.05) is 12.4 Å². The molecule has 8 nitrogen and oxygen atoms in total. The number of rotatable bonds is 7. The first-order valence-electron chi connectivity index (χ1n) is 9.63. The number of hydrogen-bond donors (Lipinski definition) is 1. The van der Waals surface area contributed by atoms with Gasteiger partial charge in [-0.2, -0.15) is 5.26 Å². The summed E-state index contributed by atoms with van der Waals surface area (Å²) in [5, 5.41) is 21.6. The van der Waals surface area contributed by atoms with Gasteiger partial charge >= 0.3 is 0 Å². The Kier molecular flexibility index (Phi) is 6.78. The number of amides is 1. The van der Waals surface area contributed by atoms with Crippen molar-refractivity contribution in [2.45, 2.75) is 6.61 Å². The van der Waals surface area contributed by atoms with Gasteiger partial charge in [-0.3, -0.25) is 10.1 Å². The number of nitrogens with one attached hydrogen (secondary N) is 1. The number of nitriles is 1. The molecule has 0 saturated heterocycles. The van der Waals surface area contributed by atoms with Gasteiger partial charge in [-0.25, -0.2) is 4.98 Å². The van der Waals surface area contributed by atoms with E-state index in [4.69, 9.17) is 21.1 Å². The van der Waals surface area contributed by atoms with Crippen LogP contribution in [0.15, 0.2) is 60.8 Å². The first-order chi connectivity index (χ1) is 16.1. The molecular formula is C23H16ClN5O3S. The molecule has 164 valence electrons. The molecule has 10 heteroatoms. The van der Waals surface area contributed by atoms with Crippen LogP contribution in [0.25, 0.3) is 11.1 Å². The van der Waals surface area contributed by atoms with Crippen molar-refractivity contribution in [3.63, 3.8) is 0 Å². The van der Waals surface area contributed by atoms with Gasteiger partial charge in [0.05, 0.1) is 12.7 Å². The van der Waals surface area contributed by atoms with Crippen LogP contribution in [0.4, 0.5) is 5.13 Å². The third-order valence-corrected chi connectivity index (χ3v) is 5.59. The predicted octanol–water partition coefficient (Wildman–Crippen LogP) is 4.97. The molecule has 1 N–H and O–H groups in total. The number of pyridine rings is 1. The van der Waals surface area contributed by atoms with Crippen LogP contribution in [-0.4, -0.2) is 28.2 Å². The van der Waals surface area contributed by atoms with E-state index in [1.54, 1.807) is 43.5 Å². The van der Waals surface area contributed by atoms with Crippen LogP contribution in [0.5, 0.6) is 11.5 Å². The van der Waals surface area contributed by atoms with Crippen LogP contribution in [0, 0.1) is 11.3 Å². The van der Waals surface area contributed by atoms with Crippen LogP contribution in [0.3, 0.4) is 0 Å². The summed E-state index contributed by atoms with van der Waals surface area (Å²) in [7, 11) is 1.54. The van der Waals surface area contributed by atoms with Crippen molar-refractivity contribution in [3.8, 4) is 28.7 Å². The van der Waals surface area contributed by atoms with Crippen molar-refractivity contribution in [2.24, 2.45) is 0 Å². The zero-order valence-electron chi connectivity index (χ0n) is 17.3. The molecule has 4 aromatic rings. The van der Waals surface area contributed by atoms with Crippen LogP contribution in [-0.2, 0) is 6.61 Å². The van der Waals surface area contributed by atoms with E-state index in [0.29, 0.717) is 37.8 Å². The minimum absolute atomic E-state index is 0.185. The number of halogens is 1. The highest BCUT2D eigenvalue weighted by molar-refractivity contribution is 7.15. The Hall–Kier alpha value is -4.00. The molecule has 33 heavy (non-hydrogen) atoms. The number of aromatic nitrogens is 3. The highest BCUT2D eigenvalue weighted by Crippen LogP contribution is 2.33. The Bertz CT molecular complexity index is 1330. The molecule has 2 heterocycles. The average Bonchev–Trinajstić information content (AvgIpc) is 3.30. The Morgan fingerprint density at radius 2 is 1.94 bits per heavy atom. The highest BCUT2D eigenvalue weighted by Gasteiger charge is 2.19. The number of anilines is 1. The quantitative estimate of drug-likeness (QED) is 0.400. The lowest BCUT2D eigenvalue weighted by Gasteiger charge is -2.12. The summed E-state index contributed by atoms with van der Waals surface area (Å²) in [6.07, 6.45) is 1.36. The predicted molar refractivity (Wildman–Crippen MR) is 125 cm³/mol. The molecule has 0 atom stereocenters. The fourth-order valence-corrected chi connectivity index (χ4v) is 3.76. The summed E-state index contributed by atoms with van der Waals surface area (Å²) in [4.78, 5) is 17.1. The number of nitrogens with zero attached hydrogens (tertiary/aromatic N) is 4. The molecule has 0 unspecified atom stereocenters. The topological polar surface area (TPSA) is 110 Å². The lowest BCUT2D eigenvalue weighted by Crippen LogP contribution is -2.14. The van der Waals surface area contributed by atoms with Crippen molar-refractivity contribution in [1.82, 2.24) is 15.2 Å². The second-order valence-corrected chi connectivity index (χ2v) is 8.12. The van der Waals surface area contributed by atoms with Gasteiger partial charge in [0.25, 0.3) is 5.91 Å². The molecular weight excluding hydrogens is 462 g/mol. The molecule has 1 amide bonds. The lowest BCUT2D eigenvalue weighted by molar-refractivity contribution is 0.102. The number of para-hydroxylation sites is 1. The van der Waals surface area contributed by atoms with E-state index >= 15 is 0 Å². The summed E-state index contributed by atoms with van der Waals surface area (Å²) in [5.41, 5.74) is 1.64. The summed E-state index contributed by atoms with van der Waals surface area (Å²) in [6, 6.07) is 17.8. The van der Waals surface area contributed by atoms with Crippen LogP contribution in [0.2, 0.25) is 5.02 Å². The Balaban J connectivity index is 1.53. The number of benzene rings is 2. The fourth-order valence-electron chi connectivity index (χ4n) is 2.99. The third-order valence-electron chi connectivity index (χ3n) is 4.52. The Morgan fingerprint density at radius 1 is 1.15 bits per heavy atom. The second kappa shape index (κ2) is 10.1. The molecule has 4 rings (SSSR count). The molecule has 0 aliphatic heterocycles. The maximum atomic E-state index is 13.0. The maximum absolute atomic E-state index is 13.0. The first kappa shape index (κ1) is 22.2. The van der Waals surface area contributed by atoms with Crippen molar-refractivity contribution in [1.29, 1.82) is 5.26 Å². The summed E-state index contributed by atoms with van der Waals surface area (Å²) < 4.78 is 11.1. The molecule has 0 aliphatic carbocycles. The average molecular weight is 478 g/mol. The minimum Gasteiger partial charge on any atom is -0.496 e. The molecule has 0 bridgehead atoms. The third kappa shape index (κ3) is 5.26. The summed E-state index contributed by atoms with van der Waals surface area (Å²) in [6.45, 7) is 0.194. The van der Waals surface area contributed by atoms with Crippen molar-refractivity contribution in [3.05, 3.63) is 82.1 Å². The van der Waals surface area contributed by atoms with Crippen LogP contribution >= 0.6 is 22.9 Å². The smallest absolute Gasteiger partial charge is 0.259 e. The SMILES string of the molecule is COc1ccccc1-c1cc(C#N)ncc1C(=O)Nc1nnc(COc2ccc(Cl)cc2)s1. The van der Waals surface area contributed by atoms with Gasteiger partial charge in [0.1, 0.15) is 29.9 Å². The Labute approximate surface area is 198 Å². The molecule has 0 radical (unpaired) electrons. The zero-order valence-corrected chi connectivity index (χ0v) is 18.9. The van der Waals surface area contributed by atoms with Gasteiger partial charge in [0.2, 0.25) is 5.13 Å². The minimum atomic E-state index is -0.436. The standard InChI is InChI=1S/C23H16ClN5O3S/c1-31-20-5-3-2-4-17(20)18-10-15(11-25)26-12-19(18)22(30)27-23-29-28-21(33-23)13-32-16-8-6-14(24)7-9-16/h2-10,12H,13H2,1H3,(H,27,29,30). The van der Waals surface area contributed by atoms with Crippen LogP contribution in [0.1, 0.15) is 21.1 Å². The number of carbonyl (C=O) groups excluding carboxylic acids is 1. The molecule has 0 saturated carbocycles. The number of hydrogen-bond acceptors (Lipinski definition) is 8. The van der Waals surface area contributed by atoms with E-state index < -0.39 is 5.91 Å². The normalized spacial score (nSPS) is 10.3. The van der Waals surface area contributed by atoms with Gasteiger partial charge in [-0.15, -0.1) is 10.2 Å². The zero-order chi connectivity index (χ0) is 23.2. The van der Waals surface area contributed by atoms with E-state index in [1.807, 2.05) is 24.3 Å². The van der Waals surface area contributed by atoms with Gasteiger partial charge in [-0.1, -0.05) is 41.1 Å².